The summed E-state index contributed by atoms with van der Waals surface area (Å²) in [4.78, 5) is 12.9. The van der Waals surface area contributed by atoms with Crippen LogP contribution >= 0.6 is 0 Å². The highest BCUT2D eigenvalue weighted by Gasteiger charge is 2.60. The Bertz CT molecular complexity index is 968. The molecule has 31 heavy (non-hydrogen) atoms. The predicted octanol–water partition coefficient (Wildman–Crippen LogP) is 5.68. The summed E-state index contributed by atoms with van der Waals surface area (Å²) in [5.74, 6) is 2.92. The minimum atomic E-state index is -3.72. The van der Waals surface area contributed by atoms with Crippen molar-refractivity contribution >= 4 is 15.9 Å². The second-order valence-corrected chi connectivity index (χ2v) is 12.9. The molecule has 4 saturated carbocycles. The summed E-state index contributed by atoms with van der Waals surface area (Å²) in [6.45, 7) is 6.64. The fraction of sp³-hybridized carbons (Fsp3) is 0.731. The third-order valence-electron chi connectivity index (χ3n) is 9.90. The number of ketones is 1. The molecule has 0 unspecified atom stereocenters. The molecule has 4 aliphatic rings. The molecule has 0 heterocycles. The van der Waals surface area contributed by atoms with Crippen LogP contribution in [0.1, 0.15) is 77.2 Å². The Balaban J connectivity index is 1.30. The molecule has 4 aliphatic carbocycles. The normalized spacial score (nSPS) is 42.5. The molecule has 7 atom stereocenters. The van der Waals surface area contributed by atoms with E-state index in [1.165, 1.54) is 6.42 Å². The van der Waals surface area contributed by atoms with E-state index >= 15 is 0 Å². The Hall–Kier alpha value is -1.20. The van der Waals surface area contributed by atoms with Crippen molar-refractivity contribution in [1.29, 1.82) is 0 Å². The van der Waals surface area contributed by atoms with E-state index in [0.29, 0.717) is 29.5 Å². The van der Waals surface area contributed by atoms with Crippen LogP contribution in [0.2, 0.25) is 0 Å². The first-order valence-corrected chi connectivity index (χ1v) is 13.6. The van der Waals surface area contributed by atoms with Crippen molar-refractivity contribution in [3.8, 4) is 0 Å². The smallest absolute Gasteiger partial charge is 0.297 e. The van der Waals surface area contributed by atoms with Crippen LogP contribution in [0, 0.1) is 41.4 Å². The van der Waals surface area contributed by atoms with Crippen LogP contribution < -0.4 is 0 Å². The topological polar surface area (TPSA) is 60.4 Å². The van der Waals surface area contributed by atoms with Crippen LogP contribution in [0.15, 0.2) is 29.2 Å². The Kier molecular flexibility index (Phi) is 5.17. The molecule has 1 aromatic rings. The van der Waals surface area contributed by atoms with Crippen molar-refractivity contribution in [2.75, 3.05) is 0 Å². The van der Waals surface area contributed by atoms with Crippen molar-refractivity contribution in [2.45, 2.75) is 89.6 Å². The molecule has 1 aromatic carbocycles. The molecular weight excluding hydrogens is 408 g/mol. The number of aryl methyl sites for hydroxylation is 1. The van der Waals surface area contributed by atoms with Gasteiger partial charge in [-0.3, -0.25) is 8.98 Å². The molecule has 0 radical (unpaired) electrons. The van der Waals surface area contributed by atoms with Gasteiger partial charge in [-0.25, -0.2) is 0 Å². The number of fused-ring (bicyclic) bond motifs is 5. The Labute approximate surface area is 187 Å². The summed E-state index contributed by atoms with van der Waals surface area (Å²) in [6, 6.07) is 6.93. The first kappa shape index (κ1) is 21.6. The lowest BCUT2D eigenvalue weighted by Crippen LogP contribution is -2.54. The number of rotatable bonds is 3. The van der Waals surface area contributed by atoms with Gasteiger partial charge in [0.25, 0.3) is 10.1 Å². The SMILES string of the molecule is Cc1ccc(S(=O)(=O)O[C@@H]2CC[C@@]3(C)[C@@H](CC[C@@H]4[C@H]3CC[C@]3(C)C(=O)CC[C@H]43)C2)cc1. The molecule has 4 nitrogen and oxygen atoms in total. The first-order valence-electron chi connectivity index (χ1n) is 12.2. The summed E-state index contributed by atoms with van der Waals surface area (Å²) in [7, 11) is -3.72. The van der Waals surface area contributed by atoms with Crippen LogP contribution in [0.3, 0.4) is 0 Å². The molecule has 4 fully saturated rings. The van der Waals surface area contributed by atoms with Gasteiger partial charge in [0.2, 0.25) is 0 Å². The zero-order valence-electron chi connectivity index (χ0n) is 19.1. The van der Waals surface area contributed by atoms with Crippen molar-refractivity contribution in [1.82, 2.24) is 0 Å². The van der Waals surface area contributed by atoms with Crippen molar-refractivity contribution < 1.29 is 17.4 Å². The minimum Gasteiger partial charge on any atom is -0.299 e. The molecule has 0 amide bonds. The van der Waals surface area contributed by atoms with E-state index < -0.39 is 10.1 Å². The fourth-order valence-electron chi connectivity index (χ4n) is 8.02. The first-order chi connectivity index (χ1) is 14.6. The molecule has 0 bridgehead atoms. The zero-order valence-corrected chi connectivity index (χ0v) is 19.9. The summed E-state index contributed by atoms with van der Waals surface area (Å²) in [5, 5.41) is 0. The van der Waals surface area contributed by atoms with Gasteiger partial charge in [-0.2, -0.15) is 8.42 Å². The number of carbonyl (C=O) groups is 1. The molecule has 0 N–H and O–H groups in total. The Morgan fingerprint density at radius 1 is 0.935 bits per heavy atom. The van der Waals surface area contributed by atoms with Crippen molar-refractivity contribution in [3.05, 3.63) is 29.8 Å². The maximum Gasteiger partial charge on any atom is 0.297 e. The number of hydrogen-bond donors (Lipinski definition) is 0. The number of carbonyl (C=O) groups excluding carboxylic acids is 1. The summed E-state index contributed by atoms with van der Waals surface area (Å²) >= 11 is 0. The van der Waals surface area contributed by atoms with Gasteiger partial charge in [-0.05, 0) is 99.5 Å². The second kappa shape index (κ2) is 7.41. The molecule has 0 spiro atoms. The molecular formula is C26H36O4S. The van der Waals surface area contributed by atoms with Gasteiger partial charge in [-0.15, -0.1) is 0 Å². The van der Waals surface area contributed by atoms with Crippen LogP contribution in [-0.2, 0) is 19.1 Å². The van der Waals surface area contributed by atoms with Gasteiger partial charge < -0.3 is 0 Å². The number of hydrogen-bond acceptors (Lipinski definition) is 4. The average molecular weight is 445 g/mol. The second-order valence-electron chi connectivity index (χ2n) is 11.3. The van der Waals surface area contributed by atoms with Gasteiger partial charge in [-0.1, -0.05) is 31.5 Å². The van der Waals surface area contributed by atoms with E-state index in [4.69, 9.17) is 4.18 Å². The fourth-order valence-corrected chi connectivity index (χ4v) is 9.13. The molecule has 0 aliphatic heterocycles. The minimum absolute atomic E-state index is 0.0766. The summed E-state index contributed by atoms with van der Waals surface area (Å²) in [5.41, 5.74) is 1.22. The van der Waals surface area contributed by atoms with Crippen LogP contribution in [0.25, 0.3) is 0 Å². The maximum atomic E-state index is 12.8. The van der Waals surface area contributed by atoms with E-state index in [9.17, 15) is 13.2 Å². The van der Waals surface area contributed by atoms with Crippen LogP contribution in [0.5, 0.6) is 0 Å². The van der Waals surface area contributed by atoms with E-state index in [1.54, 1.807) is 12.1 Å². The summed E-state index contributed by atoms with van der Waals surface area (Å²) in [6.07, 6.45) is 8.85. The largest absolute Gasteiger partial charge is 0.299 e. The van der Waals surface area contributed by atoms with Crippen LogP contribution in [-0.4, -0.2) is 20.3 Å². The van der Waals surface area contributed by atoms with E-state index in [-0.39, 0.29) is 21.8 Å². The maximum absolute atomic E-state index is 12.8. The number of Topliss-reactive ketones (excluding diaryl/α,β-unsaturated/α-hetero) is 1. The quantitative estimate of drug-likeness (QED) is 0.563. The lowest BCUT2D eigenvalue weighted by atomic mass is 9.45. The molecule has 0 aromatic heterocycles. The highest BCUT2D eigenvalue weighted by Crippen LogP contribution is 2.65. The van der Waals surface area contributed by atoms with E-state index in [0.717, 1.165) is 56.9 Å². The monoisotopic (exact) mass is 444 g/mol. The van der Waals surface area contributed by atoms with Gasteiger partial charge in [0, 0.05) is 11.8 Å². The molecule has 0 saturated heterocycles. The average Bonchev–Trinajstić information content (AvgIpc) is 3.03. The van der Waals surface area contributed by atoms with E-state index in [2.05, 4.69) is 13.8 Å². The van der Waals surface area contributed by atoms with Gasteiger partial charge in [0.1, 0.15) is 5.78 Å². The summed E-state index contributed by atoms with van der Waals surface area (Å²) < 4.78 is 31.4. The molecule has 5 heteroatoms. The Morgan fingerprint density at radius 2 is 1.68 bits per heavy atom. The van der Waals surface area contributed by atoms with Crippen molar-refractivity contribution in [3.63, 3.8) is 0 Å². The highest BCUT2D eigenvalue weighted by atomic mass is 32.2. The Morgan fingerprint density at radius 3 is 2.42 bits per heavy atom. The standard InChI is InChI=1S/C26H36O4S/c1-17-4-7-20(8-5-17)31(28,29)30-19-12-14-25(2)18(16-19)6-9-21-22-10-11-24(27)26(22,3)15-13-23(21)25/h4-5,7-8,18-19,21-23H,6,9-16H2,1-3H3/t18-,19+,21-,22+,23+,25-,26-/m0/s1. The van der Waals surface area contributed by atoms with Gasteiger partial charge >= 0.3 is 0 Å². The third kappa shape index (κ3) is 3.42. The lowest BCUT2D eigenvalue weighted by Gasteiger charge is -2.60. The number of benzene rings is 1. The lowest BCUT2D eigenvalue weighted by molar-refractivity contribution is -0.141. The van der Waals surface area contributed by atoms with Crippen LogP contribution in [0.4, 0.5) is 0 Å². The third-order valence-corrected chi connectivity index (χ3v) is 11.3. The van der Waals surface area contributed by atoms with E-state index in [1.807, 2.05) is 19.1 Å². The predicted molar refractivity (Wildman–Crippen MR) is 120 cm³/mol. The van der Waals surface area contributed by atoms with Gasteiger partial charge in [0.05, 0.1) is 11.0 Å². The van der Waals surface area contributed by atoms with Gasteiger partial charge in [0.15, 0.2) is 0 Å². The molecule has 5 rings (SSSR count). The zero-order chi connectivity index (χ0) is 22.0. The molecule has 170 valence electrons. The highest BCUT2D eigenvalue weighted by molar-refractivity contribution is 7.86. The van der Waals surface area contributed by atoms with Crippen molar-refractivity contribution in [2.24, 2.45) is 34.5 Å².